The van der Waals surface area contributed by atoms with Crippen LogP contribution in [0.2, 0.25) is 5.02 Å². The number of carboxylic acids is 1. The number of aromatic carboxylic acids is 1. The molecule has 0 saturated carbocycles. The van der Waals surface area contributed by atoms with E-state index < -0.39 is 11.9 Å². The number of nitrogen functional groups attached to an aromatic ring is 1. The van der Waals surface area contributed by atoms with E-state index in [1.807, 2.05) is 0 Å². The molecular formula is C18H14ClN3O3S2. The van der Waals surface area contributed by atoms with Gasteiger partial charge < -0.3 is 16.2 Å². The second-order valence-electron chi connectivity index (χ2n) is 5.49. The minimum absolute atomic E-state index is 0.0274. The van der Waals surface area contributed by atoms with Gasteiger partial charge in [0.1, 0.15) is 10.6 Å². The number of nitrogens with two attached hydrogens (primary N) is 2. The Morgan fingerprint density at radius 1 is 1.15 bits per heavy atom. The molecule has 0 radical (unpaired) electrons. The highest BCUT2D eigenvalue weighted by Crippen LogP contribution is 2.36. The Kier molecular flexibility index (Phi) is 5.71. The lowest BCUT2D eigenvalue weighted by Gasteiger charge is -2.08. The van der Waals surface area contributed by atoms with Crippen LogP contribution in [0.4, 0.5) is 10.7 Å². The minimum atomic E-state index is -1.13. The van der Waals surface area contributed by atoms with Gasteiger partial charge in [0.05, 0.1) is 0 Å². The molecule has 0 unspecified atom stereocenters. The molecule has 1 aromatic heterocycles. The molecule has 6 nitrogen and oxygen atoms in total. The maximum absolute atomic E-state index is 12.6. The van der Waals surface area contributed by atoms with Gasteiger partial charge in [-0.2, -0.15) is 0 Å². The highest BCUT2D eigenvalue weighted by Gasteiger charge is 2.21. The predicted molar refractivity (Wildman–Crippen MR) is 111 cm³/mol. The van der Waals surface area contributed by atoms with Crippen LogP contribution < -0.4 is 16.2 Å². The number of carboxylic acid groups (broad SMARTS) is 1. The van der Waals surface area contributed by atoms with Gasteiger partial charge >= 0.3 is 5.97 Å². The molecule has 27 heavy (non-hydrogen) atoms. The zero-order chi connectivity index (χ0) is 19.6. The molecule has 0 bridgehead atoms. The van der Waals surface area contributed by atoms with Gasteiger partial charge in [-0.05, 0) is 47.8 Å². The Bertz CT molecular complexity index is 1020. The van der Waals surface area contributed by atoms with Crippen LogP contribution in [0.3, 0.4) is 0 Å². The third-order valence-electron chi connectivity index (χ3n) is 3.79. The molecule has 0 atom stereocenters. The molecular weight excluding hydrogens is 406 g/mol. The average Bonchev–Trinajstić information content (AvgIpc) is 3.06. The summed E-state index contributed by atoms with van der Waals surface area (Å²) in [5, 5.41) is 20.3. The summed E-state index contributed by atoms with van der Waals surface area (Å²) >= 11 is 7.96. The van der Waals surface area contributed by atoms with Crippen molar-refractivity contribution in [3.05, 3.63) is 64.0 Å². The first-order valence-corrected chi connectivity index (χ1v) is 9.72. The van der Waals surface area contributed by atoms with Gasteiger partial charge in [-0.1, -0.05) is 23.7 Å². The first kappa shape index (κ1) is 19.2. The number of nitrogens with one attached hydrogen (secondary N) is 1. The standard InChI is InChI=1S/C18H14ClN3O3S2/c19-11-4-1-9(2-5-11)12-8-26-17(15(12)18(24)25)22-16(23)10-3-6-13(20)14(7-10)27-21/h1-8H,20-21H2,(H,22,23)(H,24,25). The van der Waals surface area contributed by atoms with E-state index in [2.05, 4.69) is 5.32 Å². The number of carbonyl (C=O) groups excluding carboxylic acids is 1. The van der Waals surface area contributed by atoms with Crippen molar-refractivity contribution in [1.82, 2.24) is 0 Å². The largest absolute Gasteiger partial charge is 0.478 e. The van der Waals surface area contributed by atoms with Crippen LogP contribution in [0.25, 0.3) is 11.1 Å². The van der Waals surface area contributed by atoms with Crippen molar-refractivity contribution >= 4 is 57.5 Å². The molecule has 9 heteroatoms. The van der Waals surface area contributed by atoms with Gasteiger partial charge in [-0.25, -0.2) is 4.79 Å². The normalized spacial score (nSPS) is 10.6. The fourth-order valence-electron chi connectivity index (χ4n) is 2.46. The summed E-state index contributed by atoms with van der Waals surface area (Å²) in [7, 11) is 0. The van der Waals surface area contributed by atoms with Crippen molar-refractivity contribution in [2.75, 3.05) is 11.1 Å². The number of rotatable bonds is 5. The molecule has 3 aromatic rings. The fourth-order valence-corrected chi connectivity index (χ4v) is 3.94. The van der Waals surface area contributed by atoms with Crippen molar-refractivity contribution < 1.29 is 14.7 Å². The summed E-state index contributed by atoms with van der Waals surface area (Å²) in [6, 6.07) is 11.5. The quantitative estimate of drug-likeness (QED) is 0.355. The van der Waals surface area contributed by atoms with Gasteiger partial charge in [-0.15, -0.1) is 11.3 Å². The second kappa shape index (κ2) is 8.01. The van der Waals surface area contributed by atoms with E-state index in [0.29, 0.717) is 32.3 Å². The topological polar surface area (TPSA) is 118 Å². The van der Waals surface area contributed by atoms with Crippen molar-refractivity contribution in [3.8, 4) is 11.1 Å². The number of hydrogen-bond acceptors (Lipinski definition) is 6. The zero-order valence-corrected chi connectivity index (χ0v) is 16.1. The van der Waals surface area contributed by atoms with Gasteiger partial charge in [0.15, 0.2) is 0 Å². The summed E-state index contributed by atoms with van der Waals surface area (Å²) in [5.41, 5.74) is 7.80. The maximum Gasteiger partial charge on any atom is 0.339 e. The Morgan fingerprint density at radius 3 is 2.48 bits per heavy atom. The SMILES string of the molecule is NSc1cc(C(=O)Nc2scc(-c3ccc(Cl)cc3)c2C(=O)O)ccc1N. The smallest absolute Gasteiger partial charge is 0.339 e. The Hall–Kier alpha value is -2.52. The molecule has 1 amide bonds. The van der Waals surface area contributed by atoms with Gasteiger partial charge in [0, 0.05) is 32.1 Å². The predicted octanol–water partition coefficient (Wildman–Crippen LogP) is 4.57. The van der Waals surface area contributed by atoms with Crippen LogP contribution in [-0.2, 0) is 0 Å². The number of benzene rings is 2. The van der Waals surface area contributed by atoms with Crippen molar-refractivity contribution in [1.29, 1.82) is 0 Å². The number of halogens is 1. The lowest BCUT2D eigenvalue weighted by atomic mass is 10.0. The van der Waals surface area contributed by atoms with E-state index in [4.69, 9.17) is 22.5 Å². The van der Waals surface area contributed by atoms with Crippen LogP contribution >= 0.6 is 34.9 Å². The monoisotopic (exact) mass is 419 g/mol. The first-order chi connectivity index (χ1) is 12.9. The van der Waals surface area contributed by atoms with Crippen molar-refractivity contribution in [2.24, 2.45) is 5.14 Å². The molecule has 0 aliphatic rings. The number of anilines is 2. The summed E-state index contributed by atoms with van der Waals surface area (Å²) < 4.78 is 0. The van der Waals surface area contributed by atoms with E-state index in [0.717, 1.165) is 23.3 Å². The number of amides is 1. The molecule has 1 heterocycles. The van der Waals surface area contributed by atoms with Crippen LogP contribution in [-0.4, -0.2) is 17.0 Å². The Morgan fingerprint density at radius 2 is 1.85 bits per heavy atom. The third-order valence-corrected chi connectivity index (χ3v) is 5.54. The summed E-state index contributed by atoms with van der Waals surface area (Å²) in [5.74, 6) is -1.58. The number of thiophene rings is 1. The van der Waals surface area contributed by atoms with E-state index in [-0.39, 0.29) is 10.6 Å². The fraction of sp³-hybridized carbons (Fsp3) is 0. The molecule has 6 N–H and O–H groups in total. The molecule has 0 saturated heterocycles. The summed E-state index contributed by atoms with van der Waals surface area (Å²) in [6.45, 7) is 0. The lowest BCUT2D eigenvalue weighted by Crippen LogP contribution is -2.14. The summed E-state index contributed by atoms with van der Waals surface area (Å²) in [4.78, 5) is 24.9. The molecule has 0 spiro atoms. The summed E-state index contributed by atoms with van der Waals surface area (Å²) in [6.07, 6.45) is 0. The zero-order valence-electron chi connectivity index (χ0n) is 13.7. The molecule has 0 fully saturated rings. The molecule has 0 aliphatic heterocycles. The number of carbonyl (C=O) groups is 2. The molecule has 0 aliphatic carbocycles. The van der Waals surface area contributed by atoms with E-state index in [1.54, 1.807) is 47.8 Å². The van der Waals surface area contributed by atoms with Crippen LogP contribution in [0, 0.1) is 0 Å². The second-order valence-corrected chi connectivity index (χ2v) is 7.48. The van der Waals surface area contributed by atoms with Gasteiger partial charge in [0.25, 0.3) is 5.91 Å². The lowest BCUT2D eigenvalue weighted by molar-refractivity contribution is 0.0699. The van der Waals surface area contributed by atoms with E-state index in [1.165, 1.54) is 0 Å². The van der Waals surface area contributed by atoms with Crippen molar-refractivity contribution in [2.45, 2.75) is 4.90 Å². The van der Waals surface area contributed by atoms with Crippen LogP contribution in [0.15, 0.2) is 52.7 Å². The Balaban J connectivity index is 1.94. The third kappa shape index (κ3) is 4.09. The first-order valence-electron chi connectivity index (χ1n) is 7.59. The van der Waals surface area contributed by atoms with Crippen LogP contribution in [0.1, 0.15) is 20.7 Å². The van der Waals surface area contributed by atoms with Crippen LogP contribution in [0.5, 0.6) is 0 Å². The van der Waals surface area contributed by atoms with E-state index >= 15 is 0 Å². The maximum atomic E-state index is 12.6. The van der Waals surface area contributed by atoms with Gasteiger partial charge in [0.2, 0.25) is 0 Å². The molecule has 3 rings (SSSR count). The Labute approximate surface area is 168 Å². The molecule has 2 aromatic carbocycles. The van der Waals surface area contributed by atoms with Crippen molar-refractivity contribution in [3.63, 3.8) is 0 Å². The molecule has 138 valence electrons. The average molecular weight is 420 g/mol. The van der Waals surface area contributed by atoms with E-state index in [9.17, 15) is 14.7 Å². The minimum Gasteiger partial charge on any atom is -0.478 e. The highest BCUT2D eigenvalue weighted by atomic mass is 35.5. The van der Waals surface area contributed by atoms with Gasteiger partial charge in [-0.3, -0.25) is 9.93 Å². The number of hydrogen-bond donors (Lipinski definition) is 4. The highest BCUT2D eigenvalue weighted by molar-refractivity contribution is 7.97.